The summed E-state index contributed by atoms with van der Waals surface area (Å²) in [6.07, 6.45) is 1.74. The summed E-state index contributed by atoms with van der Waals surface area (Å²) in [5, 5.41) is 0. The van der Waals surface area contributed by atoms with E-state index in [4.69, 9.17) is 9.47 Å². The Morgan fingerprint density at radius 1 is 0.966 bits per heavy atom. The Hall–Kier alpha value is -3.15. The molecule has 0 saturated carbocycles. The summed E-state index contributed by atoms with van der Waals surface area (Å²) in [5.41, 5.74) is 2.42. The van der Waals surface area contributed by atoms with Crippen molar-refractivity contribution >= 4 is 17.8 Å². The molecule has 0 aliphatic carbocycles. The fraction of sp³-hybridized carbons (Fsp3) is 0.348. The van der Waals surface area contributed by atoms with Crippen LogP contribution < -0.4 is 0 Å². The molecular formula is C23H25NO5. The van der Waals surface area contributed by atoms with Crippen LogP contribution in [0.1, 0.15) is 34.3 Å². The molecule has 2 aromatic carbocycles. The summed E-state index contributed by atoms with van der Waals surface area (Å²) in [5.74, 6) is -1.16. The van der Waals surface area contributed by atoms with Gasteiger partial charge in [-0.05, 0) is 36.5 Å². The molecule has 0 spiro atoms. The molecule has 6 nitrogen and oxygen atoms in total. The van der Waals surface area contributed by atoms with Crippen LogP contribution in [0.4, 0.5) is 0 Å². The number of carbonyl (C=O) groups is 3. The van der Waals surface area contributed by atoms with Gasteiger partial charge in [-0.1, -0.05) is 48.5 Å². The van der Waals surface area contributed by atoms with Crippen LogP contribution in [-0.4, -0.2) is 49.6 Å². The van der Waals surface area contributed by atoms with E-state index < -0.39 is 5.97 Å². The van der Waals surface area contributed by atoms with Crippen molar-refractivity contribution in [1.82, 2.24) is 4.90 Å². The lowest BCUT2D eigenvalue weighted by Crippen LogP contribution is -2.42. The van der Waals surface area contributed by atoms with E-state index in [1.165, 1.54) is 7.11 Å². The second kappa shape index (κ2) is 9.87. The topological polar surface area (TPSA) is 72.9 Å². The summed E-state index contributed by atoms with van der Waals surface area (Å²) in [6.45, 7) is 0.614. The maximum atomic E-state index is 12.6. The van der Waals surface area contributed by atoms with Gasteiger partial charge in [-0.25, -0.2) is 4.79 Å². The number of ether oxygens (including phenoxy) is 2. The molecule has 0 atom stereocenters. The lowest BCUT2D eigenvalue weighted by atomic mass is 9.97. The molecule has 29 heavy (non-hydrogen) atoms. The fourth-order valence-corrected chi connectivity index (χ4v) is 3.52. The van der Waals surface area contributed by atoms with E-state index in [9.17, 15) is 14.4 Å². The molecular weight excluding hydrogens is 370 g/mol. The Kier molecular flexibility index (Phi) is 7.00. The minimum absolute atomic E-state index is 0.170. The molecule has 1 aliphatic rings. The van der Waals surface area contributed by atoms with Crippen LogP contribution in [0.2, 0.25) is 0 Å². The Bertz CT molecular complexity index is 857. The van der Waals surface area contributed by atoms with Gasteiger partial charge in [0.25, 0.3) is 5.91 Å². The molecule has 1 amide bonds. The van der Waals surface area contributed by atoms with Gasteiger partial charge in [0, 0.05) is 13.1 Å². The lowest BCUT2D eigenvalue weighted by Gasteiger charge is -2.30. The van der Waals surface area contributed by atoms with E-state index in [-0.39, 0.29) is 24.4 Å². The fourth-order valence-electron chi connectivity index (χ4n) is 3.52. The third-order valence-electron chi connectivity index (χ3n) is 5.18. The molecule has 2 aromatic rings. The van der Waals surface area contributed by atoms with Crippen molar-refractivity contribution in [3.8, 4) is 0 Å². The van der Waals surface area contributed by atoms with Gasteiger partial charge < -0.3 is 14.4 Å². The number of benzene rings is 2. The highest BCUT2D eigenvalue weighted by atomic mass is 16.5. The van der Waals surface area contributed by atoms with E-state index in [1.54, 1.807) is 17.0 Å². The number of esters is 2. The Balaban J connectivity index is 1.55. The molecule has 0 unspecified atom stereocenters. The number of carbonyl (C=O) groups excluding carboxylic acids is 3. The van der Waals surface area contributed by atoms with Crippen LogP contribution in [0.5, 0.6) is 0 Å². The number of piperidine rings is 1. The van der Waals surface area contributed by atoms with Crippen molar-refractivity contribution in [2.24, 2.45) is 5.92 Å². The smallest absolute Gasteiger partial charge is 0.338 e. The summed E-state index contributed by atoms with van der Waals surface area (Å²) in [6, 6.07) is 17.1. The summed E-state index contributed by atoms with van der Waals surface area (Å²) < 4.78 is 10.1. The first-order valence-electron chi connectivity index (χ1n) is 9.73. The van der Waals surface area contributed by atoms with Crippen LogP contribution in [0.3, 0.4) is 0 Å². The first-order chi connectivity index (χ1) is 14.1. The van der Waals surface area contributed by atoms with Crippen molar-refractivity contribution in [3.05, 3.63) is 71.3 Å². The maximum absolute atomic E-state index is 12.6. The number of amides is 1. The average molecular weight is 395 g/mol. The zero-order valence-electron chi connectivity index (χ0n) is 16.5. The third kappa shape index (κ3) is 5.44. The Labute approximate surface area is 170 Å². The van der Waals surface area contributed by atoms with Gasteiger partial charge in [0.15, 0.2) is 6.61 Å². The predicted octanol–water partition coefficient (Wildman–Crippen LogP) is 2.85. The number of hydrogen-bond donors (Lipinski definition) is 0. The van der Waals surface area contributed by atoms with Crippen molar-refractivity contribution in [3.63, 3.8) is 0 Å². The lowest BCUT2D eigenvalue weighted by molar-refractivity contribution is -0.149. The Morgan fingerprint density at radius 3 is 2.31 bits per heavy atom. The van der Waals surface area contributed by atoms with Gasteiger partial charge in [-0.15, -0.1) is 0 Å². The second-order valence-corrected chi connectivity index (χ2v) is 7.07. The molecule has 1 aliphatic heterocycles. The van der Waals surface area contributed by atoms with Crippen molar-refractivity contribution in [2.75, 3.05) is 26.8 Å². The van der Waals surface area contributed by atoms with Gasteiger partial charge in [0.05, 0.1) is 18.6 Å². The number of nitrogens with zero attached hydrogens (tertiary/aromatic N) is 1. The molecule has 1 fully saturated rings. The number of hydrogen-bond acceptors (Lipinski definition) is 5. The molecule has 1 saturated heterocycles. The summed E-state index contributed by atoms with van der Waals surface area (Å²) in [7, 11) is 1.37. The van der Waals surface area contributed by atoms with Crippen LogP contribution in [0.25, 0.3) is 0 Å². The van der Waals surface area contributed by atoms with Crippen molar-refractivity contribution in [2.45, 2.75) is 19.3 Å². The van der Waals surface area contributed by atoms with Gasteiger partial charge >= 0.3 is 11.9 Å². The zero-order chi connectivity index (χ0) is 20.6. The zero-order valence-corrected chi connectivity index (χ0v) is 16.5. The van der Waals surface area contributed by atoms with Gasteiger partial charge in [0.2, 0.25) is 0 Å². The van der Waals surface area contributed by atoms with Crippen molar-refractivity contribution < 1.29 is 23.9 Å². The third-order valence-corrected chi connectivity index (χ3v) is 5.18. The first kappa shape index (κ1) is 20.6. The minimum Gasteiger partial charge on any atom is -0.469 e. The maximum Gasteiger partial charge on any atom is 0.338 e. The van der Waals surface area contributed by atoms with Gasteiger partial charge in [-0.2, -0.15) is 0 Å². The standard InChI is InChI=1S/C23H25NO5/c1-28-22(26)18-11-13-24(14-12-18)21(25)16-29-23(27)20-10-6-5-9-19(20)15-17-7-3-2-4-8-17/h2-10,18H,11-16H2,1H3. The number of methoxy groups -OCH3 is 1. The second-order valence-electron chi connectivity index (χ2n) is 7.07. The highest BCUT2D eigenvalue weighted by molar-refractivity contribution is 5.93. The van der Waals surface area contributed by atoms with Crippen LogP contribution >= 0.6 is 0 Å². The largest absolute Gasteiger partial charge is 0.469 e. The highest BCUT2D eigenvalue weighted by Crippen LogP contribution is 2.19. The normalized spacial score (nSPS) is 14.3. The van der Waals surface area contributed by atoms with Crippen molar-refractivity contribution in [1.29, 1.82) is 0 Å². The van der Waals surface area contributed by atoms with E-state index in [1.807, 2.05) is 42.5 Å². The predicted molar refractivity (Wildman–Crippen MR) is 107 cm³/mol. The van der Waals surface area contributed by atoms with Gasteiger partial charge in [-0.3, -0.25) is 9.59 Å². The molecule has 3 rings (SSSR count). The molecule has 6 heteroatoms. The highest BCUT2D eigenvalue weighted by Gasteiger charge is 2.28. The monoisotopic (exact) mass is 395 g/mol. The minimum atomic E-state index is -0.505. The molecule has 0 radical (unpaired) electrons. The Morgan fingerprint density at radius 2 is 1.62 bits per heavy atom. The summed E-state index contributed by atoms with van der Waals surface area (Å²) >= 11 is 0. The van der Waals surface area contributed by atoms with Crippen LogP contribution in [0, 0.1) is 5.92 Å². The number of likely N-dealkylation sites (tertiary alicyclic amines) is 1. The average Bonchev–Trinajstić information content (AvgIpc) is 2.78. The first-order valence-corrected chi connectivity index (χ1v) is 9.73. The van der Waals surface area contributed by atoms with Crippen LogP contribution in [-0.2, 0) is 25.5 Å². The van der Waals surface area contributed by atoms with Crippen LogP contribution in [0.15, 0.2) is 54.6 Å². The number of rotatable bonds is 6. The van der Waals surface area contributed by atoms with E-state index in [0.717, 1.165) is 11.1 Å². The van der Waals surface area contributed by atoms with Gasteiger partial charge in [0.1, 0.15) is 0 Å². The molecule has 1 heterocycles. The SMILES string of the molecule is COC(=O)C1CCN(C(=O)COC(=O)c2ccccc2Cc2ccccc2)CC1. The molecule has 152 valence electrons. The summed E-state index contributed by atoms with van der Waals surface area (Å²) in [4.78, 5) is 38.2. The van der Waals surface area contributed by atoms with E-state index in [0.29, 0.717) is 37.9 Å². The quantitative estimate of drug-likeness (QED) is 0.704. The van der Waals surface area contributed by atoms with E-state index in [2.05, 4.69) is 0 Å². The molecule has 0 bridgehead atoms. The molecule has 0 N–H and O–H groups in total. The molecule has 0 aromatic heterocycles. The van der Waals surface area contributed by atoms with E-state index >= 15 is 0 Å².